The maximum absolute atomic E-state index is 13.5. The van der Waals surface area contributed by atoms with Gasteiger partial charge in [-0.05, 0) is 73.7 Å². The maximum atomic E-state index is 13.5. The summed E-state index contributed by atoms with van der Waals surface area (Å²) in [5.41, 5.74) is 0.433. The monoisotopic (exact) mass is 471 g/mol. The fourth-order valence-electron chi connectivity index (χ4n) is 5.36. The number of likely N-dealkylation sites (tertiary alicyclic amines) is 1. The number of carbonyl (C=O) groups is 2. The number of halogens is 2. The molecule has 34 heavy (non-hydrogen) atoms. The number of ether oxygens (including phenoxy) is 2. The minimum Gasteiger partial charge on any atom is -0.454 e. The first-order valence-corrected chi connectivity index (χ1v) is 11.6. The minimum atomic E-state index is -0.940. The number of imide groups is 1. The van der Waals surface area contributed by atoms with Crippen molar-refractivity contribution in [2.24, 2.45) is 5.92 Å². The maximum Gasteiger partial charge on any atom is 0.325 e. The molecule has 0 saturated carbocycles. The molecule has 0 aromatic heterocycles. The number of benzene rings is 2. The molecule has 2 saturated heterocycles. The van der Waals surface area contributed by atoms with E-state index in [1.54, 1.807) is 12.1 Å². The van der Waals surface area contributed by atoms with E-state index in [0.717, 1.165) is 11.6 Å². The van der Waals surface area contributed by atoms with Gasteiger partial charge in [-0.15, -0.1) is 0 Å². The summed E-state index contributed by atoms with van der Waals surface area (Å²) in [6.07, 6.45) is 1.90. The molecule has 0 bridgehead atoms. The normalized spacial score (nSPS) is 23.0. The van der Waals surface area contributed by atoms with Gasteiger partial charge in [-0.2, -0.15) is 0 Å². The predicted molar refractivity (Wildman–Crippen MR) is 119 cm³/mol. The van der Waals surface area contributed by atoms with E-state index < -0.39 is 17.2 Å². The quantitative estimate of drug-likeness (QED) is 0.649. The third kappa shape index (κ3) is 4.09. The van der Waals surface area contributed by atoms with Crippen LogP contribution in [0.2, 0.25) is 0 Å². The van der Waals surface area contributed by atoms with Crippen molar-refractivity contribution in [2.75, 3.05) is 19.9 Å². The predicted octanol–water partition coefficient (Wildman–Crippen LogP) is 3.81. The number of fused-ring (bicyclic) bond motifs is 1. The third-order valence-corrected chi connectivity index (χ3v) is 7.15. The van der Waals surface area contributed by atoms with Crippen molar-refractivity contribution in [1.82, 2.24) is 15.1 Å². The molecule has 3 aliphatic rings. The van der Waals surface area contributed by atoms with Gasteiger partial charge in [0.25, 0.3) is 5.91 Å². The molecule has 2 aromatic rings. The van der Waals surface area contributed by atoms with Crippen molar-refractivity contribution >= 4 is 11.9 Å². The molecule has 9 heteroatoms. The average Bonchev–Trinajstić information content (AvgIpc) is 3.37. The Hall–Kier alpha value is -3.20. The van der Waals surface area contributed by atoms with Gasteiger partial charge >= 0.3 is 6.03 Å². The Balaban J connectivity index is 1.25. The van der Waals surface area contributed by atoms with Crippen LogP contribution in [0.15, 0.2) is 36.4 Å². The second-order valence-corrected chi connectivity index (χ2v) is 9.16. The molecular formula is C25H27F2N3O4. The molecule has 3 amide bonds. The van der Waals surface area contributed by atoms with Crippen molar-refractivity contribution in [1.29, 1.82) is 0 Å². The van der Waals surface area contributed by atoms with Crippen LogP contribution in [0.25, 0.3) is 0 Å². The molecule has 1 N–H and O–H groups in total. The first-order valence-electron chi connectivity index (χ1n) is 11.6. The zero-order valence-corrected chi connectivity index (χ0v) is 19.0. The Morgan fingerprint density at radius 1 is 0.971 bits per heavy atom. The molecule has 2 fully saturated rings. The van der Waals surface area contributed by atoms with Crippen LogP contribution in [0.3, 0.4) is 0 Å². The highest BCUT2D eigenvalue weighted by Gasteiger charge is 2.54. The number of amides is 3. The number of piperidine rings is 1. The lowest BCUT2D eigenvalue weighted by atomic mass is 9.75. The smallest absolute Gasteiger partial charge is 0.325 e. The van der Waals surface area contributed by atoms with Crippen LogP contribution in [0.4, 0.5) is 13.6 Å². The van der Waals surface area contributed by atoms with Crippen molar-refractivity contribution in [3.05, 3.63) is 59.2 Å². The number of hydrogen-bond acceptors (Lipinski definition) is 5. The standard InChI is InChI=1S/C25H27F2N3O4/c1-2-25(18-5-7-29(8-6-18)13-17-9-19(26)12-20(27)10-17)23(31)30(24(32)28-25)14-16-3-4-21-22(11-16)34-15-33-21/h3-4,9-12,18H,2,5-8,13-15H2,1H3,(H,28,32). The third-order valence-electron chi connectivity index (χ3n) is 7.15. The van der Waals surface area contributed by atoms with Gasteiger partial charge in [0.05, 0.1) is 6.54 Å². The highest BCUT2D eigenvalue weighted by atomic mass is 19.1. The molecule has 1 atom stereocenters. The van der Waals surface area contributed by atoms with Crippen LogP contribution in [0, 0.1) is 17.6 Å². The Labute approximate surface area is 196 Å². The van der Waals surface area contributed by atoms with E-state index in [2.05, 4.69) is 10.2 Å². The molecule has 0 spiro atoms. The number of carbonyl (C=O) groups excluding carboxylic acids is 2. The Bertz CT molecular complexity index is 1100. The minimum absolute atomic E-state index is 0.0174. The molecular weight excluding hydrogens is 444 g/mol. The summed E-state index contributed by atoms with van der Waals surface area (Å²) in [7, 11) is 0. The van der Waals surface area contributed by atoms with Crippen LogP contribution in [-0.4, -0.2) is 47.2 Å². The first-order chi connectivity index (χ1) is 16.4. The van der Waals surface area contributed by atoms with Crippen molar-refractivity contribution in [3.8, 4) is 11.5 Å². The molecule has 3 aliphatic heterocycles. The molecule has 180 valence electrons. The van der Waals surface area contributed by atoms with E-state index in [4.69, 9.17) is 9.47 Å². The van der Waals surface area contributed by atoms with Crippen molar-refractivity contribution in [2.45, 2.75) is 44.8 Å². The molecule has 1 unspecified atom stereocenters. The van der Waals surface area contributed by atoms with Crippen LogP contribution in [0.1, 0.15) is 37.3 Å². The summed E-state index contributed by atoms with van der Waals surface area (Å²) in [4.78, 5) is 29.8. The fraction of sp³-hybridized carbons (Fsp3) is 0.440. The SMILES string of the molecule is CCC1(C2CCN(Cc3cc(F)cc(F)c3)CC2)NC(=O)N(Cc2ccc3c(c2)OCO3)C1=O. The molecule has 2 aromatic carbocycles. The molecule has 5 rings (SSSR count). The number of nitrogens with one attached hydrogen (secondary N) is 1. The summed E-state index contributed by atoms with van der Waals surface area (Å²) in [6, 6.07) is 8.57. The van der Waals surface area contributed by atoms with E-state index in [1.165, 1.54) is 17.0 Å². The van der Waals surface area contributed by atoms with Crippen LogP contribution < -0.4 is 14.8 Å². The zero-order chi connectivity index (χ0) is 23.9. The lowest BCUT2D eigenvalue weighted by Gasteiger charge is -2.40. The number of nitrogens with zero attached hydrogens (tertiary/aromatic N) is 2. The molecule has 7 nitrogen and oxygen atoms in total. The van der Waals surface area contributed by atoms with Gasteiger partial charge in [-0.25, -0.2) is 13.6 Å². The van der Waals surface area contributed by atoms with Gasteiger partial charge in [-0.1, -0.05) is 13.0 Å². The lowest BCUT2D eigenvalue weighted by molar-refractivity contribution is -0.134. The Kier molecular flexibility index (Phi) is 5.89. The van der Waals surface area contributed by atoms with Crippen LogP contribution in [0.5, 0.6) is 11.5 Å². The van der Waals surface area contributed by atoms with Gasteiger partial charge in [0.15, 0.2) is 11.5 Å². The summed E-state index contributed by atoms with van der Waals surface area (Å²) in [5, 5.41) is 3.00. The van der Waals surface area contributed by atoms with Crippen molar-refractivity contribution < 1.29 is 27.8 Å². The molecule has 0 radical (unpaired) electrons. The van der Waals surface area contributed by atoms with Gasteiger partial charge in [0, 0.05) is 12.6 Å². The highest BCUT2D eigenvalue weighted by molar-refractivity contribution is 6.07. The Morgan fingerprint density at radius 3 is 2.38 bits per heavy atom. The second kappa shape index (κ2) is 8.87. The summed E-state index contributed by atoms with van der Waals surface area (Å²) < 4.78 is 37.8. The second-order valence-electron chi connectivity index (χ2n) is 9.16. The van der Waals surface area contributed by atoms with Gasteiger partial charge in [-0.3, -0.25) is 14.6 Å². The van der Waals surface area contributed by atoms with Gasteiger partial charge in [0.2, 0.25) is 6.79 Å². The van der Waals surface area contributed by atoms with E-state index in [-0.39, 0.29) is 31.2 Å². The topological polar surface area (TPSA) is 71.1 Å². The average molecular weight is 472 g/mol. The Morgan fingerprint density at radius 2 is 1.68 bits per heavy atom. The van der Waals surface area contributed by atoms with E-state index in [0.29, 0.717) is 56.0 Å². The van der Waals surface area contributed by atoms with E-state index in [1.807, 2.05) is 13.0 Å². The fourth-order valence-corrected chi connectivity index (χ4v) is 5.36. The zero-order valence-electron chi connectivity index (χ0n) is 19.0. The molecule has 3 heterocycles. The number of hydrogen-bond donors (Lipinski definition) is 1. The van der Waals surface area contributed by atoms with Crippen molar-refractivity contribution in [3.63, 3.8) is 0 Å². The summed E-state index contributed by atoms with van der Waals surface area (Å²) in [6.45, 7) is 4.04. The highest BCUT2D eigenvalue weighted by Crippen LogP contribution is 2.38. The van der Waals surface area contributed by atoms with Crippen LogP contribution in [-0.2, 0) is 17.9 Å². The number of rotatable bonds is 6. The first kappa shape index (κ1) is 22.6. The molecule has 0 aliphatic carbocycles. The largest absolute Gasteiger partial charge is 0.454 e. The van der Waals surface area contributed by atoms with Gasteiger partial charge in [0.1, 0.15) is 17.2 Å². The van der Waals surface area contributed by atoms with Crippen LogP contribution >= 0.6 is 0 Å². The number of urea groups is 1. The summed E-state index contributed by atoms with van der Waals surface area (Å²) >= 11 is 0. The lowest BCUT2D eigenvalue weighted by Crippen LogP contribution is -2.55. The van der Waals surface area contributed by atoms with E-state index in [9.17, 15) is 18.4 Å². The van der Waals surface area contributed by atoms with E-state index >= 15 is 0 Å². The van der Waals surface area contributed by atoms with Gasteiger partial charge < -0.3 is 14.8 Å². The summed E-state index contributed by atoms with van der Waals surface area (Å²) in [5.74, 6) is -0.138.